The van der Waals surface area contributed by atoms with Crippen LogP contribution in [0.3, 0.4) is 0 Å². The number of sulfonamides is 1. The second kappa shape index (κ2) is 6.30. The van der Waals surface area contributed by atoms with Gasteiger partial charge in [0.2, 0.25) is 10.0 Å². The highest BCUT2D eigenvalue weighted by atomic mass is 32.2. The average Bonchev–Trinajstić information content (AvgIpc) is 2.92. The van der Waals surface area contributed by atoms with Gasteiger partial charge in [-0.25, -0.2) is 17.3 Å². The van der Waals surface area contributed by atoms with Crippen molar-refractivity contribution in [2.45, 2.75) is 0 Å². The number of hydrogen-bond acceptors (Lipinski definition) is 5. The Morgan fingerprint density at radius 1 is 1.27 bits per heavy atom. The lowest BCUT2D eigenvalue weighted by Crippen LogP contribution is -2.18. The van der Waals surface area contributed by atoms with E-state index in [1.807, 2.05) is 0 Å². The van der Waals surface area contributed by atoms with Crippen LogP contribution in [0.2, 0.25) is 0 Å². The lowest BCUT2D eigenvalue weighted by atomic mass is 10.1. The van der Waals surface area contributed by atoms with Crippen LogP contribution in [-0.4, -0.2) is 42.3 Å². The fourth-order valence-corrected chi connectivity index (χ4v) is 3.07. The number of anilines is 1. The maximum Gasteiger partial charge on any atom is 0.255 e. The molecule has 3 rings (SSSR count). The van der Waals surface area contributed by atoms with Crippen molar-refractivity contribution in [3.8, 4) is 17.0 Å². The molecular weight excluding hydrogens is 363 g/mol. The molecule has 0 bridgehead atoms. The standard InChI is InChI=1S/C16H15FN4O4S/c1-18-16(23)14-12-7-13(22)11(20-26(2,24)25)8-21(12)19-15(14)9-3-5-10(17)6-4-9/h3-8,20,22H,1-2H3,(H,18,23). The van der Waals surface area contributed by atoms with Crippen molar-refractivity contribution in [2.75, 3.05) is 18.0 Å². The van der Waals surface area contributed by atoms with E-state index < -0.39 is 21.7 Å². The van der Waals surface area contributed by atoms with Crippen molar-refractivity contribution in [1.82, 2.24) is 14.9 Å². The average molecular weight is 378 g/mol. The minimum Gasteiger partial charge on any atom is -0.506 e. The number of carbonyl (C=O) groups is 1. The summed E-state index contributed by atoms with van der Waals surface area (Å²) in [6.45, 7) is 0. The van der Waals surface area contributed by atoms with E-state index in [9.17, 15) is 22.7 Å². The molecule has 1 amide bonds. The van der Waals surface area contributed by atoms with E-state index in [0.29, 0.717) is 5.56 Å². The minimum absolute atomic E-state index is 0.0865. The molecule has 0 radical (unpaired) electrons. The van der Waals surface area contributed by atoms with E-state index in [1.165, 1.54) is 48.1 Å². The fourth-order valence-electron chi connectivity index (χ4n) is 2.52. The molecule has 0 atom stereocenters. The molecule has 0 saturated heterocycles. The van der Waals surface area contributed by atoms with Crippen molar-refractivity contribution in [1.29, 1.82) is 0 Å². The van der Waals surface area contributed by atoms with Crippen molar-refractivity contribution in [3.63, 3.8) is 0 Å². The molecule has 3 aromatic rings. The zero-order valence-corrected chi connectivity index (χ0v) is 14.6. The Labute approximate surface area is 148 Å². The topological polar surface area (TPSA) is 113 Å². The van der Waals surface area contributed by atoms with Crippen LogP contribution < -0.4 is 10.0 Å². The molecule has 8 nitrogen and oxygen atoms in total. The molecule has 2 aromatic heterocycles. The van der Waals surface area contributed by atoms with Crippen LogP contribution in [0.25, 0.3) is 16.8 Å². The summed E-state index contributed by atoms with van der Waals surface area (Å²) in [6.07, 6.45) is 2.20. The van der Waals surface area contributed by atoms with Gasteiger partial charge in [0.15, 0.2) is 0 Å². The van der Waals surface area contributed by atoms with Gasteiger partial charge in [-0.1, -0.05) is 0 Å². The second-order valence-electron chi connectivity index (χ2n) is 5.59. The van der Waals surface area contributed by atoms with Crippen LogP contribution >= 0.6 is 0 Å². The molecule has 0 saturated carbocycles. The molecule has 0 spiro atoms. The largest absolute Gasteiger partial charge is 0.506 e. The molecule has 1 aromatic carbocycles. The summed E-state index contributed by atoms with van der Waals surface area (Å²) < 4.78 is 39.5. The normalized spacial score (nSPS) is 11.5. The molecule has 0 aliphatic rings. The van der Waals surface area contributed by atoms with E-state index >= 15 is 0 Å². The number of amides is 1. The summed E-state index contributed by atoms with van der Waals surface area (Å²) in [5.74, 6) is -1.25. The molecule has 26 heavy (non-hydrogen) atoms. The van der Waals surface area contributed by atoms with Crippen molar-refractivity contribution < 1.29 is 22.7 Å². The molecule has 0 aliphatic heterocycles. The number of benzene rings is 1. The lowest BCUT2D eigenvalue weighted by Gasteiger charge is -2.07. The van der Waals surface area contributed by atoms with Crippen LogP contribution in [-0.2, 0) is 10.0 Å². The highest BCUT2D eigenvalue weighted by molar-refractivity contribution is 7.92. The Morgan fingerprint density at radius 2 is 1.92 bits per heavy atom. The Bertz CT molecular complexity index is 1110. The molecule has 0 unspecified atom stereocenters. The number of carbonyl (C=O) groups excluding carboxylic acids is 1. The summed E-state index contributed by atoms with van der Waals surface area (Å²) in [5.41, 5.74) is 1.10. The third kappa shape index (κ3) is 3.31. The number of aromatic nitrogens is 2. The molecular formula is C16H15FN4O4S. The third-order valence-electron chi connectivity index (χ3n) is 3.62. The van der Waals surface area contributed by atoms with E-state index in [1.54, 1.807) is 0 Å². The van der Waals surface area contributed by atoms with Gasteiger partial charge in [0.25, 0.3) is 5.91 Å². The summed E-state index contributed by atoms with van der Waals surface area (Å²) in [6, 6.07) is 6.65. The van der Waals surface area contributed by atoms with Gasteiger partial charge >= 0.3 is 0 Å². The number of pyridine rings is 1. The number of aromatic hydroxyl groups is 1. The second-order valence-corrected chi connectivity index (χ2v) is 7.33. The van der Waals surface area contributed by atoms with Gasteiger partial charge in [0.1, 0.15) is 22.9 Å². The summed E-state index contributed by atoms with van der Waals surface area (Å²) in [4.78, 5) is 12.3. The number of halogens is 1. The molecule has 0 fully saturated rings. The number of nitrogens with one attached hydrogen (secondary N) is 2. The Hall–Kier alpha value is -3.14. The van der Waals surface area contributed by atoms with Crippen molar-refractivity contribution >= 4 is 27.1 Å². The summed E-state index contributed by atoms with van der Waals surface area (Å²) in [7, 11) is -2.18. The van der Waals surface area contributed by atoms with Crippen molar-refractivity contribution in [3.05, 3.63) is 47.9 Å². The highest BCUT2D eigenvalue weighted by Crippen LogP contribution is 2.32. The van der Waals surface area contributed by atoms with Crippen LogP contribution in [0.4, 0.5) is 10.1 Å². The number of nitrogens with zero attached hydrogens (tertiary/aromatic N) is 2. The van der Waals surface area contributed by atoms with E-state index in [2.05, 4.69) is 15.1 Å². The zero-order chi connectivity index (χ0) is 19.1. The molecule has 3 N–H and O–H groups in total. The maximum atomic E-state index is 13.2. The highest BCUT2D eigenvalue weighted by Gasteiger charge is 2.22. The Kier molecular flexibility index (Phi) is 4.28. The first kappa shape index (κ1) is 17.7. The number of hydrogen-bond donors (Lipinski definition) is 3. The van der Waals surface area contributed by atoms with Gasteiger partial charge in [-0.2, -0.15) is 5.10 Å². The Morgan fingerprint density at radius 3 is 2.50 bits per heavy atom. The maximum absolute atomic E-state index is 13.2. The van der Waals surface area contributed by atoms with Gasteiger partial charge in [-0.15, -0.1) is 0 Å². The van der Waals surface area contributed by atoms with Crippen LogP contribution in [0.5, 0.6) is 5.75 Å². The first-order valence-corrected chi connectivity index (χ1v) is 9.30. The summed E-state index contributed by atoms with van der Waals surface area (Å²) in [5, 5.41) is 16.9. The summed E-state index contributed by atoms with van der Waals surface area (Å²) >= 11 is 0. The number of fused-ring (bicyclic) bond motifs is 1. The van der Waals surface area contributed by atoms with E-state index in [4.69, 9.17) is 0 Å². The molecule has 136 valence electrons. The smallest absolute Gasteiger partial charge is 0.255 e. The Balaban J connectivity index is 2.27. The first-order valence-electron chi connectivity index (χ1n) is 7.41. The minimum atomic E-state index is -3.62. The van der Waals surface area contributed by atoms with Gasteiger partial charge in [0, 0.05) is 18.7 Å². The predicted molar refractivity (Wildman–Crippen MR) is 94.1 cm³/mol. The monoisotopic (exact) mass is 378 g/mol. The van der Waals surface area contributed by atoms with Gasteiger partial charge in [-0.05, 0) is 24.3 Å². The zero-order valence-electron chi connectivity index (χ0n) is 13.8. The van der Waals surface area contributed by atoms with E-state index in [0.717, 1.165) is 6.26 Å². The van der Waals surface area contributed by atoms with Crippen LogP contribution in [0, 0.1) is 5.82 Å². The molecule has 10 heteroatoms. The lowest BCUT2D eigenvalue weighted by molar-refractivity contribution is 0.0965. The quantitative estimate of drug-likeness (QED) is 0.638. The van der Waals surface area contributed by atoms with Crippen LogP contribution in [0.1, 0.15) is 10.4 Å². The SMILES string of the molecule is CNC(=O)c1c(-c2ccc(F)cc2)nn2cc(NS(C)(=O)=O)c(O)cc12. The van der Waals surface area contributed by atoms with Crippen molar-refractivity contribution in [2.24, 2.45) is 0 Å². The third-order valence-corrected chi connectivity index (χ3v) is 4.21. The number of rotatable bonds is 4. The molecule has 2 heterocycles. The van der Waals surface area contributed by atoms with Crippen LogP contribution in [0.15, 0.2) is 36.5 Å². The van der Waals surface area contributed by atoms with Gasteiger partial charge in [-0.3, -0.25) is 9.52 Å². The molecule has 0 aliphatic carbocycles. The predicted octanol–water partition coefficient (Wildman–Crippen LogP) is 1.58. The van der Waals surface area contributed by atoms with Gasteiger partial charge < -0.3 is 10.4 Å². The van der Waals surface area contributed by atoms with E-state index in [-0.39, 0.29) is 28.2 Å². The fraction of sp³-hybridized carbons (Fsp3) is 0.125. The van der Waals surface area contributed by atoms with Gasteiger partial charge in [0.05, 0.1) is 23.5 Å². The first-order chi connectivity index (χ1) is 12.2.